The van der Waals surface area contributed by atoms with Crippen molar-refractivity contribution in [3.05, 3.63) is 47.2 Å². The third-order valence-electron chi connectivity index (χ3n) is 3.84. The number of esters is 1. The van der Waals surface area contributed by atoms with Gasteiger partial charge >= 0.3 is 5.97 Å². The molecule has 148 valence electrons. The van der Waals surface area contributed by atoms with Gasteiger partial charge in [0, 0.05) is 0 Å². The summed E-state index contributed by atoms with van der Waals surface area (Å²) in [5, 5.41) is 7.89. The molecule has 0 amide bonds. The van der Waals surface area contributed by atoms with E-state index in [1.54, 1.807) is 18.2 Å². The van der Waals surface area contributed by atoms with Crippen LogP contribution in [0, 0.1) is 13.8 Å². The van der Waals surface area contributed by atoms with Crippen LogP contribution in [-0.2, 0) is 11.3 Å². The highest BCUT2D eigenvalue weighted by Crippen LogP contribution is 2.29. The fourth-order valence-electron chi connectivity index (χ4n) is 2.65. The Morgan fingerprint density at radius 3 is 2.43 bits per heavy atom. The van der Waals surface area contributed by atoms with Crippen molar-refractivity contribution in [3.63, 3.8) is 0 Å². The first-order valence-electron chi connectivity index (χ1n) is 8.98. The SMILES string of the molecule is CCOc1ccc(C(=O)OCc2nnc(-c3cc(C)oc3C)o2)cc1OCC. The maximum atomic E-state index is 12.4. The van der Waals surface area contributed by atoms with Crippen LogP contribution in [0.15, 0.2) is 33.1 Å². The number of benzene rings is 1. The number of rotatable bonds is 8. The monoisotopic (exact) mass is 386 g/mol. The van der Waals surface area contributed by atoms with Gasteiger partial charge in [-0.05, 0) is 52.0 Å². The number of carbonyl (C=O) groups is 1. The van der Waals surface area contributed by atoms with Crippen LogP contribution in [0.1, 0.15) is 41.6 Å². The molecule has 2 aromatic heterocycles. The van der Waals surface area contributed by atoms with Crippen LogP contribution in [0.4, 0.5) is 0 Å². The first-order chi connectivity index (χ1) is 13.5. The first kappa shape index (κ1) is 19.5. The molecule has 8 heteroatoms. The Hall–Kier alpha value is -3.29. The minimum absolute atomic E-state index is 0.140. The fraction of sp³-hybridized carbons (Fsp3) is 0.350. The molecule has 0 radical (unpaired) electrons. The van der Waals surface area contributed by atoms with E-state index in [0.717, 1.165) is 11.3 Å². The molecule has 3 rings (SSSR count). The van der Waals surface area contributed by atoms with E-state index in [9.17, 15) is 4.79 Å². The molecule has 0 atom stereocenters. The molecule has 0 saturated carbocycles. The highest BCUT2D eigenvalue weighted by molar-refractivity contribution is 5.90. The van der Waals surface area contributed by atoms with E-state index < -0.39 is 5.97 Å². The lowest BCUT2D eigenvalue weighted by Gasteiger charge is -2.11. The second-order valence-electron chi connectivity index (χ2n) is 5.93. The van der Waals surface area contributed by atoms with Gasteiger partial charge in [0.2, 0.25) is 0 Å². The molecule has 0 aliphatic heterocycles. The van der Waals surface area contributed by atoms with Crippen LogP contribution in [0.25, 0.3) is 11.5 Å². The Kier molecular flexibility index (Phi) is 5.98. The van der Waals surface area contributed by atoms with Crippen molar-refractivity contribution in [2.45, 2.75) is 34.3 Å². The topological polar surface area (TPSA) is 96.8 Å². The van der Waals surface area contributed by atoms with Crippen LogP contribution in [0.3, 0.4) is 0 Å². The number of hydrogen-bond acceptors (Lipinski definition) is 8. The molecular weight excluding hydrogens is 364 g/mol. The fourth-order valence-corrected chi connectivity index (χ4v) is 2.65. The largest absolute Gasteiger partial charge is 0.490 e. The van der Waals surface area contributed by atoms with Crippen molar-refractivity contribution in [1.29, 1.82) is 0 Å². The maximum absolute atomic E-state index is 12.4. The Labute approximate surface area is 162 Å². The molecule has 0 N–H and O–H groups in total. The van der Waals surface area contributed by atoms with E-state index in [2.05, 4.69) is 10.2 Å². The number of aromatic nitrogens is 2. The minimum Gasteiger partial charge on any atom is -0.490 e. The van der Waals surface area contributed by atoms with Gasteiger partial charge < -0.3 is 23.0 Å². The molecule has 0 fully saturated rings. The third kappa shape index (κ3) is 4.33. The highest BCUT2D eigenvalue weighted by Gasteiger charge is 2.17. The van der Waals surface area contributed by atoms with Gasteiger partial charge in [-0.15, -0.1) is 10.2 Å². The molecule has 0 unspecified atom stereocenters. The number of hydrogen-bond donors (Lipinski definition) is 0. The lowest BCUT2D eigenvalue weighted by molar-refractivity contribution is 0.0438. The molecular formula is C20H22N2O6. The summed E-state index contributed by atoms with van der Waals surface area (Å²) in [4.78, 5) is 12.4. The van der Waals surface area contributed by atoms with E-state index in [0.29, 0.717) is 41.9 Å². The Morgan fingerprint density at radius 2 is 1.75 bits per heavy atom. The standard InChI is InChI=1S/C20H22N2O6/c1-5-24-16-8-7-14(10-17(16)25-6-2)20(23)26-11-18-21-22-19(28-18)15-9-12(3)27-13(15)4/h7-10H,5-6,11H2,1-4H3. The van der Waals surface area contributed by atoms with Gasteiger partial charge in [0.15, 0.2) is 18.1 Å². The Morgan fingerprint density at radius 1 is 1.00 bits per heavy atom. The predicted octanol–water partition coefficient (Wildman–Crippen LogP) is 4.10. The number of carbonyl (C=O) groups excluding carboxylic acids is 1. The van der Waals surface area contributed by atoms with Crippen molar-refractivity contribution in [1.82, 2.24) is 10.2 Å². The molecule has 0 bridgehead atoms. The van der Waals surface area contributed by atoms with E-state index in [1.807, 2.05) is 33.8 Å². The van der Waals surface area contributed by atoms with Crippen molar-refractivity contribution in [3.8, 4) is 23.0 Å². The summed E-state index contributed by atoms with van der Waals surface area (Å²) in [6.07, 6.45) is 0. The number of ether oxygens (including phenoxy) is 3. The van der Waals surface area contributed by atoms with Crippen LogP contribution in [0.5, 0.6) is 11.5 Å². The van der Waals surface area contributed by atoms with Crippen molar-refractivity contribution < 1.29 is 27.8 Å². The lowest BCUT2D eigenvalue weighted by Crippen LogP contribution is -2.07. The van der Waals surface area contributed by atoms with Gasteiger partial charge in [-0.25, -0.2) is 4.79 Å². The summed E-state index contributed by atoms with van der Waals surface area (Å²) in [6.45, 7) is 8.20. The zero-order valence-corrected chi connectivity index (χ0v) is 16.3. The summed E-state index contributed by atoms with van der Waals surface area (Å²) in [7, 11) is 0. The van der Waals surface area contributed by atoms with E-state index >= 15 is 0 Å². The normalized spacial score (nSPS) is 10.7. The molecule has 0 aliphatic carbocycles. The van der Waals surface area contributed by atoms with Gasteiger partial charge in [-0.2, -0.15) is 0 Å². The summed E-state index contributed by atoms with van der Waals surface area (Å²) in [5.74, 6) is 2.48. The molecule has 8 nitrogen and oxygen atoms in total. The second-order valence-corrected chi connectivity index (χ2v) is 5.93. The van der Waals surface area contributed by atoms with Crippen LogP contribution in [-0.4, -0.2) is 29.4 Å². The maximum Gasteiger partial charge on any atom is 0.338 e. The van der Waals surface area contributed by atoms with Gasteiger partial charge in [0.25, 0.3) is 11.8 Å². The van der Waals surface area contributed by atoms with Gasteiger partial charge in [-0.1, -0.05) is 0 Å². The zero-order valence-electron chi connectivity index (χ0n) is 16.3. The van der Waals surface area contributed by atoms with Gasteiger partial charge in [-0.3, -0.25) is 0 Å². The second kappa shape index (κ2) is 8.60. The zero-order chi connectivity index (χ0) is 20.1. The first-order valence-corrected chi connectivity index (χ1v) is 8.98. The number of nitrogens with zero attached hydrogens (tertiary/aromatic N) is 2. The van der Waals surface area contributed by atoms with E-state index in [1.165, 1.54) is 0 Å². The Balaban J connectivity index is 1.67. The van der Waals surface area contributed by atoms with Crippen LogP contribution >= 0.6 is 0 Å². The summed E-state index contributed by atoms with van der Waals surface area (Å²) >= 11 is 0. The molecule has 0 aliphatic rings. The summed E-state index contributed by atoms with van der Waals surface area (Å²) in [6, 6.07) is 6.70. The van der Waals surface area contributed by atoms with Crippen LogP contribution < -0.4 is 9.47 Å². The van der Waals surface area contributed by atoms with Crippen molar-refractivity contribution in [2.75, 3.05) is 13.2 Å². The molecule has 3 aromatic rings. The van der Waals surface area contributed by atoms with Gasteiger partial charge in [0.1, 0.15) is 11.5 Å². The third-order valence-corrected chi connectivity index (χ3v) is 3.84. The predicted molar refractivity (Wildman–Crippen MR) is 99.4 cm³/mol. The van der Waals surface area contributed by atoms with E-state index in [4.69, 9.17) is 23.0 Å². The molecule has 28 heavy (non-hydrogen) atoms. The smallest absolute Gasteiger partial charge is 0.338 e. The Bertz CT molecular complexity index is 960. The van der Waals surface area contributed by atoms with Crippen LogP contribution in [0.2, 0.25) is 0 Å². The van der Waals surface area contributed by atoms with Crippen molar-refractivity contribution in [2.24, 2.45) is 0 Å². The summed E-state index contributed by atoms with van der Waals surface area (Å²) < 4.78 is 27.3. The molecule has 0 saturated heterocycles. The molecule has 1 aromatic carbocycles. The van der Waals surface area contributed by atoms with Crippen molar-refractivity contribution >= 4 is 5.97 Å². The quantitative estimate of drug-likeness (QED) is 0.534. The number of furan rings is 1. The number of aryl methyl sites for hydroxylation is 2. The summed E-state index contributed by atoms with van der Waals surface area (Å²) in [5.41, 5.74) is 1.06. The average Bonchev–Trinajstić information content (AvgIpc) is 3.27. The van der Waals surface area contributed by atoms with E-state index in [-0.39, 0.29) is 12.5 Å². The average molecular weight is 386 g/mol. The highest BCUT2D eigenvalue weighted by atomic mass is 16.5. The lowest BCUT2D eigenvalue weighted by atomic mass is 10.2. The molecule has 2 heterocycles. The molecule has 0 spiro atoms. The van der Waals surface area contributed by atoms with Gasteiger partial charge in [0.05, 0.1) is 24.3 Å². The minimum atomic E-state index is -0.529.